The van der Waals surface area contributed by atoms with E-state index in [2.05, 4.69) is 38.0 Å². The summed E-state index contributed by atoms with van der Waals surface area (Å²) in [6, 6.07) is 3.30. The number of hydrogen-bond acceptors (Lipinski definition) is 2. The number of piperidine rings is 1. The molecule has 1 N–H and O–H groups in total. The Morgan fingerprint density at radius 1 is 0.947 bits per heavy atom. The van der Waals surface area contributed by atoms with Gasteiger partial charge in [0.1, 0.15) is 0 Å². The molecular weight excluding hydrogens is 232 g/mol. The Balaban J connectivity index is 1.64. The van der Waals surface area contributed by atoms with E-state index >= 15 is 0 Å². The highest BCUT2D eigenvalue weighted by Crippen LogP contribution is 2.41. The Hall–Kier alpha value is -0.0800. The fourth-order valence-corrected chi connectivity index (χ4v) is 5.26. The molecule has 4 atom stereocenters. The van der Waals surface area contributed by atoms with Crippen LogP contribution in [0.5, 0.6) is 0 Å². The second kappa shape index (κ2) is 5.04. The van der Waals surface area contributed by atoms with Gasteiger partial charge in [-0.05, 0) is 63.3 Å². The number of hydrogen-bond donors (Lipinski definition) is 1. The maximum Gasteiger partial charge on any atom is 0.0125 e. The van der Waals surface area contributed by atoms with Gasteiger partial charge in [-0.15, -0.1) is 0 Å². The average molecular weight is 264 g/mol. The van der Waals surface area contributed by atoms with Crippen molar-refractivity contribution >= 4 is 0 Å². The summed E-state index contributed by atoms with van der Waals surface area (Å²) in [6.07, 6.45) is 9.83. The van der Waals surface area contributed by atoms with E-state index in [-0.39, 0.29) is 0 Å². The lowest BCUT2D eigenvalue weighted by Gasteiger charge is -2.47. The standard InChI is InChI=1S/C17H32N2/c1-12-7-16(11-17(2,3)10-12)19(4)15-8-13-5-6-14(9-15)18-13/h12-16,18H,5-11H2,1-4H3. The second-order valence-corrected chi connectivity index (χ2v) is 8.50. The summed E-state index contributed by atoms with van der Waals surface area (Å²) in [5, 5.41) is 3.78. The first-order chi connectivity index (χ1) is 8.93. The maximum absolute atomic E-state index is 3.78. The highest BCUT2D eigenvalue weighted by atomic mass is 15.2. The highest BCUT2D eigenvalue weighted by Gasteiger charge is 2.40. The monoisotopic (exact) mass is 264 g/mol. The molecule has 0 radical (unpaired) electrons. The van der Waals surface area contributed by atoms with Crippen LogP contribution in [0.1, 0.15) is 65.7 Å². The SMILES string of the molecule is CC1CC(N(C)C2CC3CCC(C2)N3)CC(C)(C)C1. The first kappa shape index (κ1) is 13.9. The van der Waals surface area contributed by atoms with E-state index in [0.29, 0.717) is 5.41 Å². The third kappa shape index (κ3) is 3.00. The molecule has 110 valence electrons. The Labute approximate surface area is 119 Å². The molecule has 0 aromatic rings. The van der Waals surface area contributed by atoms with Crippen LogP contribution in [0.3, 0.4) is 0 Å². The predicted molar refractivity (Wildman–Crippen MR) is 81.3 cm³/mol. The van der Waals surface area contributed by atoms with Crippen LogP contribution >= 0.6 is 0 Å². The van der Waals surface area contributed by atoms with E-state index in [0.717, 1.165) is 30.1 Å². The Morgan fingerprint density at radius 3 is 2.16 bits per heavy atom. The van der Waals surface area contributed by atoms with Gasteiger partial charge in [0.15, 0.2) is 0 Å². The summed E-state index contributed by atoms with van der Waals surface area (Å²) < 4.78 is 0. The Morgan fingerprint density at radius 2 is 1.58 bits per heavy atom. The van der Waals surface area contributed by atoms with Gasteiger partial charge in [-0.2, -0.15) is 0 Å². The van der Waals surface area contributed by atoms with Crippen molar-refractivity contribution in [3.05, 3.63) is 0 Å². The van der Waals surface area contributed by atoms with Crippen LogP contribution in [0, 0.1) is 11.3 Å². The van der Waals surface area contributed by atoms with Gasteiger partial charge < -0.3 is 10.2 Å². The van der Waals surface area contributed by atoms with Gasteiger partial charge in [0.2, 0.25) is 0 Å². The first-order valence-corrected chi connectivity index (χ1v) is 8.41. The molecule has 3 fully saturated rings. The minimum atomic E-state index is 0.544. The summed E-state index contributed by atoms with van der Waals surface area (Å²) in [6.45, 7) is 7.39. The molecule has 2 saturated heterocycles. The smallest absolute Gasteiger partial charge is 0.0125 e. The third-order valence-corrected chi connectivity index (χ3v) is 5.96. The van der Waals surface area contributed by atoms with E-state index in [1.807, 2.05) is 0 Å². The van der Waals surface area contributed by atoms with Crippen molar-refractivity contribution in [1.29, 1.82) is 0 Å². The van der Waals surface area contributed by atoms with E-state index in [4.69, 9.17) is 0 Å². The Kier molecular flexibility index (Phi) is 3.68. The van der Waals surface area contributed by atoms with Crippen molar-refractivity contribution in [3.63, 3.8) is 0 Å². The van der Waals surface area contributed by atoms with Gasteiger partial charge in [0, 0.05) is 24.2 Å². The molecule has 2 aliphatic heterocycles. The summed E-state index contributed by atoms with van der Waals surface area (Å²) in [5.41, 5.74) is 0.544. The normalized spacial score (nSPS) is 45.6. The number of nitrogens with one attached hydrogen (secondary N) is 1. The van der Waals surface area contributed by atoms with Gasteiger partial charge >= 0.3 is 0 Å². The molecule has 2 heteroatoms. The van der Waals surface area contributed by atoms with Crippen LogP contribution in [0.15, 0.2) is 0 Å². The van der Waals surface area contributed by atoms with Gasteiger partial charge in [0.25, 0.3) is 0 Å². The zero-order valence-electron chi connectivity index (χ0n) is 13.3. The largest absolute Gasteiger partial charge is 0.311 e. The lowest BCUT2D eigenvalue weighted by Crippen LogP contribution is -2.52. The van der Waals surface area contributed by atoms with Crippen molar-refractivity contribution < 1.29 is 0 Å². The van der Waals surface area contributed by atoms with Crippen LogP contribution in [-0.2, 0) is 0 Å². The highest BCUT2D eigenvalue weighted by molar-refractivity contribution is 4.97. The molecule has 2 heterocycles. The molecule has 0 aromatic carbocycles. The molecule has 0 amide bonds. The number of fused-ring (bicyclic) bond motifs is 2. The van der Waals surface area contributed by atoms with Crippen molar-refractivity contribution in [2.45, 2.75) is 89.9 Å². The fourth-order valence-electron chi connectivity index (χ4n) is 5.26. The summed E-state index contributed by atoms with van der Waals surface area (Å²) in [5.74, 6) is 0.898. The van der Waals surface area contributed by atoms with E-state index in [1.54, 1.807) is 0 Å². The van der Waals surface area contributed by atoms with E-state index in [1.165, 1.54) is 44.9 Å². The van der Waals surface area contributed by atoms with Crippen LogP contribution in [0.25, 0.3) is 0 Å². The van der Waals surface area contributed by atoms with Gasteiger partial charge in [-0.3, -0.25) is 0 Å². The summed E-state index contributed by atoms with van der Waals surface area (Å²) in [7, 11) is 2.41. The molecular formula is C17H32N2. The summed E-state index contributed by atoms with van der Waals surface area (Å²) >= 11 is 0. The van der Waals surface area contributed by atoms with Crippen LogP contribution in [-0.4, -0.2) is 36.1 Å². The van der Waals surface area contributed by atoms with Crippen LogP contribution in [0.2, 0.25) is 0 Å². The van der Waals surface area contributed by atoms with Gasteiger partial charge in [0.05, 0.1) is 0 Å². The minimum Gasteiger partial charge on any atom is -0.311 e. The molecule has 4 unspecified atom stereocenters. The quantitative estimate of drug-likeness (QED) is 0.822. The Bertz CT molecular complexity index is 313. The molecule has 0 aromatic heterocycles. The van der Waals surface area contributed by atoms with E-state index in [9.17, 15) is 0 Å². The minimum absolute atomic E-state index is 0.544. The van der Waals surface area contributed by atoms with E-state index < -0.39 is 0 Å². The zero-order valence-corrected chi connectivity index (χ0v) is 13.3. The predicted octanol–water partition coefficient (Wildman–Crippen LogP) is 3.42. The number of rotatable bonds is 2. The first-order valence-electron chi connectivity index (χ1n) is 8.41. The fraction of sp³-hybridized carbons (Fsp3) is 1.00. The van der Waals surface area contributed by atoms with Crippen molar-refractivity contribution in [2.75, 3.05) is 7.05 Å². The molecule has 1 saturated carbocycles. The molecule has 0 spiro atoms. The van der Waals surface area contributed by atoms with Crippen molar-refractivity contribution in [2.24, 2.45) is 11.3 Å². The van der Waals surface area contributed by atoms with Gasteiger partial charge in [-0.1, -0.05) is 20.8 Å². The maximum atomic E-state index is 3.78. The lowest BCUT2D eigenvalue weighted by atomic mass is 9.70. The van der Waals surface area contributed by atoms with Crippen molar-refractivity contribution in [3.8, 4) is 0 Å². The molecule has 1 aliphatic carbocycles. The zero-order chi connectivity index (χ0) is 13.6. The molecule has 3 rings (SSSR count). The van der Waals surface area contributed by atoms with Crippen molar-refractivity contribution in [1.82, 2.24) is 10.2 Å². The molecule has 19 heavy (non-hydrogen) atoms. The topological polar surface area (TPSA) is 15.3 Å². The number of nitrogens with zero attached hydrogens (tertiary/aromatic N) is 1. The molecule has 3 aliphatic rings. The lowest BCUT2D eigenvalue weighted by molar-refractivity contribution is 0.0419. The van der Waals surface area contributed by atoms with Gasteiger partial charge in [-0.25, -0.2) is 0 Å². The average Bonchev–Trinajstić information content (AvgIpc) is 2.64. The molecule has 2 bridgehead atoms. The molecule has 2 nitrogen and oxygen atoms in total. The van der Waals surface area contributed by atoms with Crippen LogP contribution in [0.4, 0.5) is 0 Å². The second-order valence-electron chi connectivity index (χ2n) is 8.50. The third-order valence-electron chi connectivity index (χ3n) is 5.96. The van der Waals surface area contributed by atoms with Crippen LogP contribution < -0.4 is 5.32 Å². The summed E-state index contributed by atoms with van der Waals surface area (Å²) in [4.78, 5) is 2.77.